The molecule has 1 fully saturated rings. The van der Waals surface area contributed by atoms with E-state index in [-0.39, 0.29) is 6.61 Å². The lowest BCUT2D eigenvalue weighted by molar-refractivity contribution is -0.0508. The Morgan fingerprint density at radius 1 is 1.38 bits per heavy atom. The number of fused-ring (bicyclic) bond motifs is 1. The predicted octanol–water partition coefficient (Wildman–Crippen LogP) is -0.732. The van der Waals surface area contributed by atoms with Gasteiger partial charge in [-0.1, -0.05) is 12.7 Å². The summed E-state index contributed by atoms with van der Waals surface area (Å²) in [5, 5.41) is 29.7. The van der Waals surface area contributed by atoms with Gasteiger partial charge in [0.05, 0.1) is 12.0 Å². The van der Waals surface area contributed by atoms with Gasteiger partial charge in [0.2, 0.25) is 0 Å². The van der Waals surface area contributed by atoms with Crippen LogP contribution >= 0.6 is 0 Å². The van der Waals surface area contributed by atoms with Crippen LogP contribution < -0.4 is 5.73 Å². The van der Waals surface area contributed by atoms with Crippen LogP contribution in [0.5, 0.6) is 0 Å². The number of nitrogens with two attached hydrogens (primary N) is 1. The third-order valence-electron chi connectivity index (χ3n) is 3.68. The van der Waals surface area contributed by atoms with Crippen LogP contribution in [0.4, 0.5) is 5.82 Å². The Balaban J connectivity index is 2.14. The summed E-state index contributed by atoms with van der Waals surface area (Å²) in [6.07, 6.45) is 0.484. The molecule has 5 N–H and O–H groups in total. The molecule has 0 aromatic carbocycles. The Kier molecular flexibility index (Phi) is 3.38. The average Bonchev–Trinajstić information content (AvgIpc) is 2.99. The number of hydrogen-bond acceptors (Lipinski definition) is 7. The molecule has 1 saturated heterocycles. The molecule has 0 amide bonds. The lowest BCUT2D eigenvalue weighted by Crippen LogP contribution is -2.33. The summed E-state index contributed by atoms with van der Waals surface area (Å²) >= 11 is 0. The van der Waals surface area contributed by atoms with Gasteiger partial charge in [-0.05, 0) is 0 Å². The summed E-state index contributed by atoms with van der Waals surface area (Å²) in [5.41, 5.74) is 7.02. The van der Waals surface area contributed by atoms with Crippen LogP contribution in [0.1, 0.15) is 11.8 Å². The second-order valence-electron chi connectivity index (χ2n) is 4.88. The molecular weight excluding hydrogens is 276 g/mol. The number of aromatic nitrogens is 3. The molecule has 8 heteroatoms. The number of rotatable bonds is 3. The number of ether oxygens (including phenoxy) is 1. The molecule has 0 spiro atoms. The number of nitrogen functional groups attached to an aromatic ring is 1. The zero-order valence-electron chi connectivity index (χ0n) is 11.1. The maximum Gasteiger partial charge on any atom is 0.164 e. The minimum absolute atomic E-state index is 0.292. The Morgan fingerprint density at radius 2 is 2.14 bits per heavy atom. The molecule has 3 rings (SSSR count). The molecule has 0 saturated carbocycles. The lowest BCUT2D eigenvalue weighted by Gasteiger charge is -2.17. The Morgan fingerprint density at radius 3 is 2.76 bits per heavy atom. The number of anilines is 1. The normalized spacial score (nSPS) is 29.1. The van der Waals surface area contributed by atoms with Gasteiger partial charge in [0.1, 0.15) is 36.1 Å². The maximum absolute atomic E-state index is 10.1. The molecular formula is C13H16N4O4. The van der Waals surface area contributed by atoms with Crippen LogP contribution in [0.3, 0.4) is 0 Å². The molecule has 0 unspecified atom stereocenters. The van der Waals surface area contributed by atoms with Crippen LogP contribution in [0, 0.1) is 0 Å². The van der Waals surface area contributed by atoms with Crippen molar-refractivity contribution in [1.82, 2.24) is 14.5 Å². The monoisotopic (exact) mass is 292 g/mol. The molecule has 1 aliphatic heterocycles. The fourth-order valence-corrected chi connectivity index (χ4v) is 2.60. The second kappa shape index (κ2) is 5.08. The van der Waals surface area contributed by atoms with Crippen LogP contribution in [-0.2, 0) is 4.74 Å². The highest BCUT2D eigenvalue weighted by Gasteiger charge is 2.44. The van der Waals surface area contributed by atoms with Crippen molar-refractivity contribution in [2.75, 3.05) is 12.3 Å². The number of aliphatic hydroxyl groups excluding tert-OH is 3. The molecule has 1 aliphatic rings. The Hall–Kier alpha value is -2.00. The number of hydrogen-bond donors (Lipinski definition) is 4. The summed E-state index contributed by atoms with van der Waals surface area (Å²) < 4.78 is 7.07. The molecule has 0 aliphatic carbocycles. The first-order valence-corrected chi connectivity index (χ1v) is 6.44. The van der Waals surface area contributed by atoms with E-state index in [4.69, 9.17) is 15.6 Å². The van der Waals surface area contributed by atoms with Gasteiger partial charge >= 0.3 is 0 Å². The predicted molar refractivity (Wildman–Crippen MR) is 75.0 cm³/mol. The van der Waals surface area contributed by atoms with E-state index in [9.17, 15) is 10.2 Å². The van der Waals surface area contributed by atoms with Crippen molar-refractivity contribution >= 4 is 22.9 Å². The van der Waals surface area contributed by atoms with Gasteiger partial charge in [-0.3, -0.25) is 0 Å². The van der Waals surface area contributed by atoms with Crippen molar-refractivity contribution < 1.29 is 20.1 Å². The van der Waals surface area contributed by atoms with E-state index < -0.39 is 24.5 Å². The topological polar surface area (TPSA) is 127 Å². The largest absolute Gasteiger partial charge is 0.394 e. The standard InChI is InChI=1S/C13H16N4O4/c1-2-6-3-17(12-8(6)11(14)15-5-16-12)13-10(20)9(19)7(4-18)21-13/h2-3,5,7,9-10,13,18-20H,1,4H2,(H2,14,15,16)/t7-,9-,10-,13-/m1/s1. The lowest BCUT2D eigenvalue weighted by atomic mass is 10.1. The zero-order valence-corrected chi connectivity index (χ0v) is 11.1. The highest BCUT2D eigenvalue weighted by atomic mass is 16.6. The highest BCUT2D eigenvalue weighted by molar-refractivity contribution is 5.94. The number of aliphatic hydroxyl groups is 3. The molecule has 4 atom stereocenters. The fraction of sp³-hybridized carbons (Fsp3) is 0.385. The van der Waals surface area contributed by atoms with Crippen LogP contribution in [0.15, 0.2) is 19.1 Å². The summed E-state index contributed by atoms with van der Waals surface area (Å²) in [7, 11) is 0. The van der Waals surface area contributed by atoms with E-state index in [0.29, 0.717) is 22.4 Å². The van der Waals surface area contributed by atoms with E-state index in [1.807, 2.05) is 0 Å². The summed E-state index contributed by atoms with van der Waals surface area (Å²) in [6, 6.07) is 0. The second-order valence-corrected chi connectivity index (χ2v) is 4.88. The quantitative estimate of drug-likeness (QED) is 0.587. The van der Waals surface area contributed by atoms with Gasteiger partial charge in [-0.15, -0.1) is 0 Å². The summed E-state index contributed by atoms with van der Waals surface area (Å²) in [4.78, 5) is 8.09. The van der Waals surface area contributed by atoms with Crippen molar-refractivity contribution in [3.63, 3.8) is 0 Å². The third-order valence-corrected chi connectivity index (χ3v) is 3.68. The highest BCUT2D eigenvalue weighted by Crippen LogP contribution is 2.34. The SMILES string of the molecule is C=Cc1cn([C@@H]2O[C@H](CO)[C@@H](O)[C@H]2O)c2ncnc(N)c12. The molecule has 2 aromatic heterocycles. The van der Waals surface area contributed by atoms with Gasteiger partial charge in [-0.25, -0.2) is 9.97 Å². The first-order chi connectivity index (χ1) is 10.1. The van der Waals surface area contributed by atoms with Crippen molar-refractivity contribution in [2.24, 2.45) is 0 Å². The van der Waals surface area contributed by atoms with Gasteiger partial charge < -0.3 is 30.4 Å². The van der Waals surface area contributed by atoms with E-state index in [1.54, 1.807) is 16.8 Å². The Bertz CT molecular complexity index is 686. The molecule has 0 radical (unpaired) electrons. The zero-order chi connectivity index (χ0) is 15.1. The first-order valence-electron chi connectivity index (χ1n) is 6.44. The third kappa shape index (κ3) is 2.00. The first kappa shape index (κ1) is 14.0. The van der Waals surface area contributed by atoms with Crippen LogP contribution in [0.25, 0.3) is 17.1 Å². The van der Waals surface area contributed by atoms with Crippen molar-refractivity contribution in [2.45, 2.75) is 24.5 Å². The minimum atomic E-state index is -1.19. The van der Waals surface area contributed by atoms with E-state index >= 15 is 0 Å². The van der Waals surface area contributed by atoms with Crippen molar-refractivity contribution in [3.05, 3.63) is 24.7 Å². The van der Waals surface area contributed by atoms with Gasteiger partial charge in [0, 0.05) is 11.8 Å². The van der Waals surface area contributed by atoms with Crippen molar-refractivity contribution in [3.8, 4) is 0 Å². The summed E-state index contributed by atoms with van der Waals surface area (Å²) in [6.45, 7) is 3.32. The van der Waals surface area contributed by atoms with Gasteiger partial charge in [-0.2, -0.15) is 0 Å². The molecule has 8 nitrogen and oxygen atoms in total. The molecule has 112 valence electrons. The average molecular weight is 292 g/mol. The van der Waals surface area contributed by atoms with Gasteiger partial charge in [0.25, 0.3) is 0 Å². The van der Waals surface area contributed by atoms with E-state index in [2.05, 4.69) is 16.5 Å². The number of nitrogens with zero attached hydrogens (tertiary/aromatic N) is 3. The van der Waals surface area contributed by atoms with Gasteiger partial charge in [0.15, 0.2) is 6.23 Å². The smallest absolute Gasteiger partial charge is 0.164 e. The maximum atomic E-state index is 10.1. The van der Waals surface area contributed by atoms with Crippen LogP contribution in [0.2, 0.25) is 0 Å². The van der Waals surface area contributed by atoms with E-state index in [0.717, 1.165) is 0 Å². The molecule has 0 bridgehead atoms. The molecule has 3 heterocycles. The van der Waals surface area contributed by atoms with Crippen molar-refractivity contribution in [1.29, 1.82) is 0 Å². The van der Waals surface area contributed by atoms with E-state index in [1.165, 1.54) is 6.33 Å². The fourth-order valence-electron chi connectivity index (χ4n) is 2.60. The molecule has 21 heavy (non-hydrogen) atoms. The molecule has 2 aromatic rings. The Labute approximate surface area is 120 Å². The summed E-state index contributed by atoms with van der Waals surface area (Å²) in [5.74, 6) is 0.292. The van der Waals surface area contributed by atoms with Crippen LogP contribution in [-0.4, -0.2) is 54.8 Å². The minimum Gasteiger partial charge on any atom is -0.394 e.